The maximum absolute atomic E-state index is 12.7. The third-order valence-electron chi connectivity index (χ3n) is 1.62. The van der Waals surface area contributed by atoms with Crippen LogP contribution in [-0.2, 0) is 0 Å². The summed E-state index contributed by atoms with van der Waals surface area (Å²) in [7, 11) is 0. The van der Waals surface area contributed by atoms with E-state index in [9.17, 15) is 4.39 Å². The van der Waals surface area contributed by atoms with Gasteiger partial charge in [-0.25, -0.2) is 4.39 Å². The van der Waals surface area contributed by atoms with Gasteiger partial charge in [0.25, 0.3) is 0 Å². The monoisotopic (exact) mass is 160 g/mol. The van der Waals surface area contributed by atoms with Crippen molar-refractivity contribution in [2.75, 3.05) is 0 Å². The van der Waals surface area contributed by atoms with Gasteiger partial charge in [-0.1, -0.05) is 0 Å². The van der Waals surface area contributed by atoms with Gasteiger partial charge in [-0.2, -0.15) is 0 Å². The highest BCUT2D eigenvalue weighted by Crippen LogP contribution is 2.19. The maximum Gasteiger partial charge on any atom is 0.177 e. The highest BCUT2D eigenvalue weighted by atomic mass is 19.1. The van der Waals surface area contributed by atoms with Crippen LogP contribution in [-0.4, -0.2) is 0 Å². The van der Waals surface area contributed by atoms with Gasteiger partial charge in [-0.3, -0.25) is 0 Å². The van der Waals surface area contributed by atoms with Crippen LogP contribution in [0.15, 0.2) is 28.7 Å². The van der Waals surface area contributed by atoms with Crippen LogP contribution in [0.5, 0.6) is 0 Å². The smallest absolute Gasteiger partial charge is 0.177 e. The molecule has 0 radical (unpaired) electrons. The Morgan fingerprint density at radius 3 is 2.92 bits per heavy atom. The molecule has 0 saturated heterocycles. The summed E-state index contributed by atoms with van der Waals surface area (Å²) in [6, 6.07) is 5.93. The summed E-state index contributed by atoms with van der Waals surface area (Å²) in [6.45, 7) is 0. The number of hydrogen-bond donors (Lipinski definition) is 0. The zero-order chi connectivity index (χ0) is 8.55. The summed E-state index contributed by atoms with van der Waals surface area (Å²) < 4.78 is 17.8. The quantitative estimate of drug-likeness (QED) is 0.540. The van der Waals surface area contributed by atoms with E-state index in [2.05, 4.69) is 5.92 Å². The van der Waals surface area contributed by atoms with Crippen LogP contribution in [0, 0.1) is 18.2 Å². The largest absolute Gasteiger partial charge is 0.448 e. The highest BCUT2D eigenvalue weighted by molar-refractivity contribution is 5.78. The van der Waals surface area contributed by atoms with Gasteiger partial charge in [-0.05, 0) is 24.1 Å². The molecule has 0 fully saturated rings. The minimum atomic E-state index is -0.285. The van der Waals surface area contributed by atoms with E-state index in [0.717, 1.165) is 0 Å². The van der Waals surface area contributed by atoms with E-state index >= 15 is 0 Å². The summed E-state index contributed by atoms with van der Waals surface area (Å²) in [5.41, 5.74) is 0.615. The molecule has 0 aliphatic rings. The van der Waals surface area contributed by atoms with E-state index in [1.54, 1.807) is 12.1 Å². The normalized spacial score (nSPS) is 10.0. The van der Waals surface area contributed by atoms with E-state index in [1.165, 1.54) is 12.1 Å². The van der Waals surface area contributed by atoms with Crippen molar-refractivity contribution in [2.45, 2.75) is 0 Å². The van der Waals surface area contributed by atoms with Crippen LogP contribution in [0.1, 0.15) is 5.76 Å². The molecule has 1 heterocycles. The third kappa shape index (κ3) is 0.960. The number of terminal acetylenes is 1. The molecule has 12 heavy (non-hydrogen) atoms. The summed E-state index contributed by atoms with van der Waals surface area (Å²) >= 11 is 0. The highest BCUT2D eigenvalue weighted by Gasteiger charge is 2.01. The summed E-state index contributed by atoms with van der Waals surface area (Å²) in [5, 5.41) is 0.697. The lowest BCUT2D eigenvalue weighted by atomic mass is 10.2. The second kappa shape index (κ2) is 2.38. The summed E-state index contributed by atoms with van der Waals surface area (Å²) in [6.07, 6.45) is 5.11. The second-order valence-corrected chi connectivity index (χ2v) is 2.44. The van der Waals surface area contributed by atoms with Gasteiger partial charge in [0.05, 0.1) is 0 Å². The molecule has 0 unspecified atom stereocenters. The molecule has 2 aromatic rings. The Balaban J connectivity index is 2.77. The Bertz CT molecular complexity index is 462. The molecule has 0 aliphatic heterocycles. The fraction of sp³-hybridized carbons (Fsp3) is 0. The van der Waals surface area contributed by atoms with Gasteiger partial charge in [0.1, 0.15) is 11.4 Å². The first-order valence-corrected chi connectivity index (χ1v) is 3.45. The number of halogens is 1. The molecule has 0 amide bonds. The molecule has 58 valence electrons. The van der Waals surface area contributed by atoms with Crippen molar-refractivity contribution >= 4 is 11.0 Å². The molecule has 0 bridgehead atoms. The van der Waals surface area contributed by atoms with E-state index in [0.29, 0.717) is 16.7 Å². The zero-order valence-electron chi connectivity index (χ0n) is 6.17. The molecule has 0 aliphatic carbocycles. The first-order valence-electron chi connectivity index (χ1n) is 3.45. The van der Waals surface area contributed by atoms with Crippen molar-refractivity contribution in [1.82, 2.24) is 0 Å². The molecule has 0 N–H and O–H groups in total. The number of furan rings is 1. The van der Waals surface area contributed by atoms with E-state index in [1.807, 2.05) is 0 Å². The Morgan fingerprint density at radius 1 is 1.33 bits per heavy atom. The van der Waals surface area contributed by atoms with Gasteiger partial charge in [-0.15, -0.1) is 6.42 Å². The first kappa shape index (κ1) is 6.93. The van der Waals surface area contributed by atoms with E-state index < -0.39 is 0 Å². The Kier molecular flexibility index (Phi) is 1.38. The molecule has 1 nitrogen and oxygen atoms in total. The number of hydrogen-bond acceptors (Lipinski definition) is 1. The van der Waals surface area contributed by atoms with Crippen LogP contribution < -0.4 is 0 Å². The predicted molar refractivity (Wildman–Crippen MR) is 44.1 cm³/mol. The number of rotatable bonds is 0. The second-order valence-electron chi connectivity index (χ2n) is 2.44. The van der Waals surface area contributed by atoms with Gasteiger partial charge in [0, 0.05) is 11.5 Å². The van der Waals surface area contributed by atoms with Gasteiger partial charge >= 0.3 is 0 Å². The van der Waals surface area contributed by atoms with Gasteiger partial charge < -0.3 is 4.42 Å². The maximum atomic E-state index is 12.7. The van der Waals surface area contributed by atoms with Crippen LogP contribution in [0.25, 0.3) is 11.0 Å². The van der Waals surface area contributed by atoms with E-state index in [4.69, 9.17) is 10.8 Å². The summed E-state index contributed by atoms with van der Waals surface area (Å²) in [4.78, 5) is 0. The molecule has 2 rings (SSSR count). The Morgan fingerprint density at radius 2 is 2.17 bits per heavy atom. The predicted octanol–water partition coefficient (Wildman–Crippen LogP) is 2.55. The lowest BCUT2D eigenvalue weighted by Gasteiger charge is -1.85. The SMILES string of the molecule is C#Cc1cc2cc(F)ccc2o1. The summed E-state index contributed by atoms with van der Waals surface area (Å²) in [5.74, 6) is 2.49. The van der Waals surface area contributed by atoms with Crippen molar-refractivity contribution in [3.63, 3.8) is 0 Å². The van der Waals surface area contributed by atoms with Gasteiger partial charge in [0.2, 0.25) is 0 Å². The fourth-order valence-corrected chi connectivity index (χ4v) is 1.09. The molecule has 0 saturated carbocycles. The first-order chi connectivity index (χ1) is 5.79. The minimum Gasteiger partial charge on any atom is -0.448 e. The van der Waals surface area contributed by atoms with Gasteiger partial charge in [0.15, 0.2) is 5.76 Å². The van der Waals surface area contributed by atoms with Crippen LogP contribution in [0.2, 0.25) is 0 Å². The lowest BCUT2D eigenvalue weighted by Crippen LogP contribution is -1.68. The standard InChI is InChI=1S/C10H5FO/c1-2-9-6-7-5-8(11)3-4-10(7)12-9/h1,3-6H. The van der Waals surface area contributed by atoms with Crippen molar-refractivity contribution in [3.05, 3.63) is 35.8 Å². The van der Waals surface area contributed by atoms with Crippen molar-refractivity contribution in [1.29, 1.82) is 0 Å². The van der Waals surface area contributed by atoms with Crippen LogP contribution >= 0.6 is 0 Å². The average Bonchev–Trinajstić information content (AvgIpc) is 2.46. The third-order valence-corrected chi connectivity index (χ3v) is 1.62. The molecule has 1 aromatic carbocycles. The Hall–Kier alpha value is -1.75. The van der Waals surface area contributed by atoms with Crippen molar-refractivity contribution in [2.24, 2.45) is 0 Å². The average molecular weight is 160 g/mol. The van der Waals surface area contributed by atoms with Crippen LogP contribution in [0.3, 0.4) is 0 Å². The fourth-order valence-electron chi connectivity index (χ4n) is 1.09. The number of benzene rings is 1. The molecular weight excluding hydrogens is 155 g/mol. The van der Waals surface area contributed by atoms with Crippen molar-refractivity contribution in [3.8, 4) is 12.3 Å². The Labute approximate surface area is 68.8 Å². The lowest BCUT2D eigenvalue weighted by molar-refractivity contribution is 0.598. The van der Waals surface area contributed by atoms with E-state index in [-0.39, 0.29) is 5.82 Å². The minimum absolute atomic E-state index is 0.285. The molecular formula is C10H5FO. The number of fused-ring (bicyclic) bond motifs is 1. The molecule has 0 atom stereocenters. The topological polar surface area (TPSA) is 13.1 Å². The molecule has 2 heteroatoms. The zero-order valence-corrected chi connectivity index (χ0v) is 6.17. The van der Waals surface area contributed by atoms with Crippen LogP contribution in [0.4, 0.5) is 4.39 Å². The molecule has 0 spiro atoms. The van der Waals surface area contributed by atoms with Crippen molar-refractivity contribution < 1.29 is 8.81 Å². The molecule has 1 aromatic heterocycles.